The topological polar surface area (TPSA) is 72.7 Å². The van der Waals surface area contributed by atoms with Crippen LogP contribution in [-0.2, 0) is 11.3 Å². The predicted octanol–water partition coefficient (Wildman–Crippen LogP) is 4.72. The van der Waals surface area contributed by atoms with Crippen molar-refractivity contribution in [2.45, 2.75) is 33.3 Å². The van der Waals surface area contributed by atoms with Crippen LogP contribution in [0.2, 0.25) is 0 Å². The van der Waals surface area contributed by atoms with E-state index in [-0.39, 0.29) is 5.92 Å². The van der Waals surface area contributed by atoms with E-state index in [2.05, 4.69) is 64.2 Å². The average molecular weight is 512 g/mol. The van der Waals surface area contributed by atoms with E-state index in [9.17, 15) is 4.79 Å². The maximum atomic E-state index is 12.3. The molecule has 4 heterocycles. The lowest BCUT2D eigenvalue weighted by atomic mass is 9.97. The zero-order chi connectivity index (χ0) is 26.2. The molecule has 1 atom stereocenters. The molecular formula is C30H33N5O3. The van der Waals surface area contributed by atoms with Gasteiger partial charge >= 0.3 is 5.97 Å². The van der Waals surface area contributed by atoms with Crippen LogP contribution in [0.25, 0.3) is 16.6 Å². The molecular weight excluding hydrogens is 478 g/mol. The van der Waals surface area contributed by atoms with E-state index in [0.29, 0.717) is 18.9 Å². The van der Waals surface area contributed by atoms with E-state index in [1.54, 1.807) is 13.3 Å². The van der Waals surface area contributed by atoms with Gasteiger partial charge in [-0.15, -0.1) is 0 Å². The number of aryl methyl sites for hydroxylation is 1. The van der Waals surface area contributed by atoms with Crippen molar-refractivity contribution in [3.63, 3.8) is 0 Å². The molecule has 1 saturated heterocycles. The Hall–Kier alpha value is -3.91. The minimum atomic E-state index is -0.410. The van der Waals surface area contributed by atoms with Gasteiger partial charge in [-0.2, -0.15) is 0 Å². The Balaban J connectivity index is 1.15. The van der Waals surface area contributed by atoms with Crippen LogP contribution in [0.5, 0.6) is 5.75 Å². The number of nitrogens with zero attached hydrogens (tertiary/aromatic N) is 5. The molecule has 0 aliphatic carbocycles. The second-order valence-corrected chi connectivity index (χ2v) is 10.1. The summed E-state index contributed by atoms with van der Waals surface area (Å²) in [4.78, 5) is 26.4. The monoisotopic (exact) mass is 511 g/mol. The largest absolute Gasteiger partial charge is 0.485 e. The lowest BCUT2D eigenvalue weighted by molar-refractivity contribution is 0.0516. The van der Waals surface area contributed by atoms with E-state index in [1.165, 1.54) is 16.6 Å². The number of ether oxygens (including phenoxy) is 2. The molecule has 2 aromatic carbocycles. The SMILES string of the molecule is CCOC(=O)c1ncn2c1COc1c(C(C)CN3CCN(c4cccc5nc(C)ccc45)CC3)cccc1-2. The third kappa shape index (κ3) is 4.39. The van der Waals surface area contributed by atoms with Gasteiger partial charge in [-0.05, 0) is 50.1 Å². The maximum Gasteiger partial charge on any atom is 0.358 e. The Labute approximate surface area is 222 Å². The minimum Gasteiger partial charge on any atom is -0.485 e. The summed E-state index contributed by atoms with van der Waals surface area (Å²) in [6.45, 7) is 11.6. The number of pyridine rings is 1. The second-order valence-electron chi connectivity index (χ2n) is 10.1. The summed E-state index contributed by atoms with van der Waals surface area (Å²) in [6.07, 6.45) is 1.70. The fraction of sp³-hybridized carbons (Fsp3) is 0.367. The molecule has 0 spiro atoms. The summed E-state index contributed by atoms with van der Waals surface area (Å²) >= 11 is 0. The van der Waals surface area contributed by atoms with E-state index < -0.39 is 5.97 Å². The quantitative estimate of drug-likeness (QED) is 0.347. The highest BCUT2D eigenvalue weighted by atomic mass is 16.5. The Morgan fingerprint density at radius 1 is 1.05 bits per heavy atom. The Bertz CT molecular complexity index is 1490. The normalized spacial score (nSPS) is 16.0. The maximum absolute atomic E-state index is 12.3. The number of hydrogen-bond acceptors (Lipinski definition) is 7. The van der Waals surface area contributed by atoms with Crippen LogP contribution in [0, 0.1) is 6.92 Å². The summed E-state index contributed by atoms with van der Waals surface area (Å²) in [5.74, 6) is 0.750. The summed E-state index contributed by atoms with van der Waals surface area (Å²) in [6, 6.07) is 16.9. The zero-order valence-electron chi connectivity index (χ0n) is 22.2. The van der Waals surface area contributed by atoms with Gasteiger partial charge < -0.3 is 14.4 Å². The van der Waals surface area contributed by atoms with Crippen molar-refractivity contribution in [2.75, 3.05) is 44.2 Å². The third-order valence-electron chi connectivity index (χ3n) is 7.60. The molecule has 0 radical (unpaired) electrons. The van der Waals surface area contributed by atoms with Crippen molar-refractivity contribution in [3.05, 3.63) is 77.5 Å². The highest BCUT2D eigenvalue weighted by Crippen LogP contribution is 2.38. The van der Waals surface area contributed by atoms with Crippen LogP contribution in [-0.4, -0.2) is 64.7 Å². The standard InChI is InChI=1S/C30H33N5O3/c1-4-37-30(36)28-27-18-38-29-22(7-5-10-26(29)35(27)19-31-28)20(2)17-33-13-15-34(16-14-33)25-9-6-8-24-23(25)12-11-21(3)32-24/h5-12,19-20H,4,13-18H2,1-3H3. The van der Waals surface area contributed by atoms with Crippen LogP contribution < -0.4 is 9.64 Å². The Morgan fingerprint density at radius 3 is 2.66 bits per heavy atom. The Morgan fingerprint density at radius 2 is 1.84 bits per heavy atom. The van der Waals surface area contributed by atoms with Crippen LogP contribution in [0.3, 0.4) is 0 Å². The molecule has 1 unspecified atom stereocenters. The minimum absolute atomic E-state index is 0.288. The number of anilines is 1. The van der Waals surface area contributed by atoms with Crippen LogP contribution >= 0.6 is 0 Å². The molecule has 2 aromatic heterocycles. The molecule has 0 amide bonds. The molecule has 0 bridgehead atoms. The van der Waals surface area contributed by atoms with Gasteiger partial charge in [-0.25, -0.2) is 9.78 Å². The van der Waals surface area contributed by atoms with Crippen molar-refractivity contribution in [1.82, 2.24) is 19.4 Å². The molecule has 1 fully saturated rings. The van der Waals surface area contributed by atoms with Gasteiger partial charge in [0.2, 0.25) is 0 Å². The van der Waals surface area contributed by atoms with E-state index >= 15 is 0 Å². The summed E-state index contributed by atoms with van der Waals surface area (Å²) < 4.78 is 13.4. The summed E-state index contributed by atoms with van der Waals surface area (Å²) in [5.41, 5.74) is 6.53. The van der Waals surface area contributed by atoms with Crippen LogP contribution in [0.15, 0.2) is 54.9 Å². The molecule has 0 saturated carbocycles. The third-order valence-corrected chi connectivity index (χ3v) is 7.60. The summed E-state index contributed by atoms with van der Waals surface area (Å²) in [5, 5.41) is 1.22. The smallest absolute Gasteiger partial charge is 0.358 e. The van der Waals surface area contributed by atoms with E-state index in [1.807, 2.05) is 17.6 Å². The Kier molecular flexibility index (Phi) is 6.49. The molecule has 38 heavy (non-hydrogen) atoms. The number of rotatable bonds is 6. The van der Waals surface area contributed by atoms with Crippen LogP contribution in [0.1, 0.15) is 47.2 Å². The first-order valence-electron chi connectivity index (χ1n) is 13.4. The number of carbonyl (C=O) groups excluding carboxylic acids is 1. The molecule has 4 aromatic rings. The number of fused-ring (bicyclic) bond motifs is 4. The molecule has 2 aliphatic rings. The van der Waals surface area contributed by atoms with Gasteiger partial charge in [0.25, 0.3) is 0 Å². The molecule has 196 valence electrons. The predicted molar refractivity (Wildman–Crippen MR) is 147 cm³/mol. The lowest BCUT2D eigenvalue weighted by Gasteiger charge is -2.38. The van der Waals surface area contributed by atoms with Gasteiger partial charge in [0.15, 0.2) is 5.69 Å². The van der Waals surface area contributed by atoms with Crippen molar-refractivity contribution in [2.24, 2.45) is 0 Å². The highest BCUT2D eigenvalue weighted by molar-refractivity contribution is 5.92. The van der Waals surface area contributed by atoms with Gasteiger partial charge in [0, 0.05) is 55.1 Å². The molecule has 8 heteroatoms. The highest BCUT2D eigenvalue weighted by Gasteiger charge is 2.29. The number of aromatic nitrogens is 3. The van der Waals surface area contributed by atoms with Crippen molar-refractivity contribution in [3.8, 4) is 11.4 Å². The van der Waals surface area contributed by atoms with Crippen LogP contribution in [0.4, 0.5) is 5.69 Å². The van der Waals surface area contributed by atoms with E-state index in [4.69, 9.17) is 14.5 Å². The van der Waals surface area contributed by atoms with Crippen molar-refractivity contribution >= 4 is 22.6 Å². The summed E-state index contributed by atoms with van der Waals surface area (Å²) in [7, 11) is 0. The van der Waals surface area contributed by atoms with Gasteiger partial charge in [0.1, 0.15) is 18.7 Å². The van der Waals surface area contributed by atoms with Crippen molar-refractivity contribution < 1.29 is 14.3 Å². The molecule has 8 nitrogen and oxygen atoms in total. The fourth-order valence-corrected chi connectivity index (χ4v) is 5.68. The van der Waals surface area contributed by atoms with Gasteiger partial charge in [-0.1, -0.05) is 25.1 Å². The first-order valence-corrected chi connectivity index (χ1v) is 13.4. The fourth-order valence-electron chi connectivity index (χ4n) is 5.68. The van der Waals surface area contributed by atoms with E-state index in [0.717, 1.165) is 61.1 Å². The van der Waals surface area contributed by atoms with Crippen molar-refractivity contribution in [1.29, 1.82) is 0 Å². The lowest BCUT2D eigenvalue weighted by Crippen LogP contribution is -2.47. The number of hydrogen-bond donors (Lipinski definition) is 0. The number of imidazole rings is 1. The number of piperazine rings is 1. The van der Waals surface area contributed by atoms with Gasteiger partial charge in [0.05, 0.1) is 23.5 Å². The molecule has 0 N–H and O–H groups in total. The number of benzene rings is 2. The zero-order valence-corrected chi connectivity index (χ0v) is 22.2. The molecule has 6 rings (SSSR count). The first kappa shape index (κ1) is 24.4. The number of carbonyl (C=O) groups is 1. The average Bonchev–Trinajstić information content (AvgIpc) is 3.38. The number of esters is 1. The molecule has 2 aliphatic heterocycles. The second kappa shape index (κ2) is 10.1. The first-order chi connectivity index (χ1) is 18.5. The number of para-hydroxylation sites is 1. The van der Waals surface area contributed by atoms with Gasteiger partial charge in [-0.3, -0.25) is 14.5 Å².